The average molecular weight is 485 g/mol. The van der Waals surface area contributed by atoms with E-state index < -0.39 is 16.1 Å². The number of carbonyl (C=O) groups excluding carboxylic acids is 2. The molecule has 0 saturated carbocycles. The van der Waals surface area contributed by atoms with Crippen molar-refractivity contribution >= 4 is 27.6 Å². The van der Waals surface area contributed by atoms with E-state index in [2.05, 4.69) is 6.92 Å². The summed E-state index contributed by atoms with van der Waals surface area (Å²) in [6, 6.07) is 13.7. The Morgan fingerprint density at radius 2 is 1.53 bits per heavy atom. The van der Waals surface area contributed by atoms with E-state index in [0.29, 0.717) is 36.8 Å². The van der Waals surface area contributed by atoms with Crippen LogP contribution in [0.2, 0.25) is 0 Å². The molecule has 8 nitrogen and oxygen atoms in total. The third kappa shape index (κ3) is 4.73. The van der Waals surface area contributed by atoms with Gasteiger partial charge in [-0.25, -0.2) is 18.1 Å². The summed E-state index contributed by atoms with van der Waals surface area (Å²) in [5.74, 6) is -0.243. The van der Waals surface area contributed by atoms with Gasteiger partial charge in [0.15, 0.2) is 0 Å². The van der Waals surface area contributed by atoms with Crippen molar-refractivity contribution in [3.8, 4) is 0 Å². The third-order valence-corrected chi connectivity index (χ3v) is 8.45. The number of rotatable bonds is 7. The molecule has 2 heterocycles. The molecule has 3 amide bonds. The highest BCUT2D eigenvalue weighted by atomic mass is 32.2. The van der Waals surface area contributed by atoms with E-state index in [1.807, 2.05) is 48.2 Å². The van der Waals surface area contributed by atoms with Crippen molar-refractivity contribution in [1.82, 2.24) is 14.1 Å². The molecule has 0 aromatic heterocycles. The number of amides is 3. The van der Waals surface area contributed by atoms with Crippen LogP contribution < -0.4 is 4.90 Å². The SMILES string of the molecule is CCCc1ccc(S(=O)(=O)N2CCN(CN3C(=O)[C@@H](C)N(c4ccc(C)cc4)C3=O)CC2)cc1. The molecular weight excluding hydrogens is 452 g/mol. The molecule has 0 spiro atoms. The second-order valence-electron chi connectivity index (χ2n) is 8.99. The van der Waals surface area contributed by atoms with Crippen LogP contribution in [0.4, 0.5) is 10.5 Å². The van der Waals surface area contributed by atoms with Crippen molar-refractivity contribution in [1.29, 1.82) is 0 Å². The Bertz CT molecular complexity index is 1140. The van der Waals surface area contributed by atoms with Gasteiger partial charge in [0, 0.05) is 31.9 Å². The molecule has 0 radical (unpaired) electrons. The molecule has 9 heteroatoms. The van der Waals surface area contributed by atoms with E-state index in [4.69, 9.17) is 0 Å². The number of aryl methyl sites for hydroxylation is 2. The van der Waals surface area contributed by atoms with Crippen LogP contribution in [0.3, 0.4) is 0 Å². The summed E-state index contributed by atoms with van der Waals surface area (Å²) < 4.78 is 27.6. The van der Waals surface area contributed by atoms with Crippen molar-refractivity contribution in [2.45, 2.75) is 44.6 Å². The lowest BCUT2D eigenvalue weighted by atomic mass is 10.1. The third-order valence-electron chi connectivity index (χ3n) is 6.53. The number of anilines is 1. The summed E-state index contributed by atoms with van der Waals surface area (Å²) in [6.45, 7) is 7.47. The van der Waals surface area contributed by atoms with Crippen LogP contribution in [0.1, 0.15) is 31.4 Å². The van der Waals surface area contributed by atoms with E-state index in [9.17, 15) is 18.0 Å². The number of urea groups is 1. The zero-order valence-corrected chi connectivity index (χ0v) is 20.8. The van der Waals surface area contributed by atoms with Crippen molar-refractivity contribution in [3.63, 3.8) is 0 Å². The second-order valence-corrected chi connectivity index (χ2v) is 10.9. The van der Waals surface area contributed by atoms with Gasteiger partial charge < -0.3 is 0 Å². The fourth-order valence-electron chi connectivity index (χ4n) is 4.47. The van der Waals surface area contributed by atoms with Crippen molar-refractivity contribution in [2.24, 2.45) is 0 Å². The maximum Gasteiger partial charge on any atom is 0.333 e. The Labute approximate surface area is 201 Å². The summed E-state index contributed by atoms with van der Waals surface area (Å²) >= 11 is 0. The minimum Gasteiger partial charge on any atom is -0.283 e. The van der Waals surface area contributed by atoms with Crippen LogP contribution in [0, 0.1) is 6.92 Å². The predicted octanol–water partition coefficient (Wildman–Crippen LogP) is 3.07. The quantitative estimate of drug-likeness (QED) is 0.564. The number of benzene rings is 2. The van der Waals surface area contributed by atoms with Gasteiger partial charge in [-0.3, -0.25) is 14.6 Å². The van der Waals surface area contributed by atoms with E-state index in [-0.39, 0.29) is 18.6 Å². The zero-order valence-electron chi connectivity index (χ0n) is 20.0. The van der Waals surface area contributed by atoms with Gasteiger partial charge in [0.25, 0.3) is 5.91 Å². The van der Waals surface area contributed by atoms with Crippen molar-refractivity contribution < 1.29 is 18.0 Å². The molecule has 182 valence electrons. The van der Waals surface area contributed by atoms with E-state index >= 15 is 0 Å². The zero-order chi connectivity index (χ0) is 24.5. The summed E-state index contributed by atoms with van der Waals surface area (Å²) in [4.78, 5) is 31.0. The van der Waals surface area contributed by atoms with E-state index in [1.54, 1.807) is 19.1 Å². The summed E-state index contributed by atoms with van der Waals surface area (Å²) in [5, 5.41) is 0. The van der Waals surface area contributed by atoms with Crippen LogP contribution in [0.25, 0.3) is 0 Å². The Hall–Kier alpha value is -2.75. The van der Waals surface area contributed by atoms with Crippen LogP contribution >= 0.6 is 0 Å². The second kappa shape index (κ2) is 9.85. The topological polar surface area (TPSA) is 81.2 Å². The molecular formula is C25H32N4O4S. The Morgan fingerprint density at radius 1 is 0.912 bits per heavy atom. The average Bonchev–Trinajstić information content (AvgIpc) is 3.04. The first kappa shape index (κ1) is 24.4. The highest BCUT2D eigenvalue weighted by Gasteiger charge is 2.44. The lowest BCUT2D eigenvalue weighted by molar-refractivity contribution is -0.128. The number of imide groups is 1. The number of hydrogen-bond donors (Lipinski definition) is 0. The Morgan fingerprint density at radius 3 is 2.12 bits per heavy atom. The number of piperazine rings is 1. The van der Waals surface area contributed by atoms with E-state index in [0.717, 1.165) is 24.0 Å². The molecule has 0 unspecified atom stereocenters. The number of hydrogen-bond acceptors (Lipinski definition) is 5. The van der Waals surface area contributed by atoms with Gasteiger partial charge in [-0.2, -0.15) is 4.31 Å². The van der Waals surface area contributed by atoms with Gasteiger partial charge in [0.2, 0.25) is 10.0 Å². The molecule has 2 aromatic carbocycles. The lowest BCUT2D eigenvalue weighted by Crippen LogP contribution is -2.52. The predicted molar refractivity (Wildman–Crippen MR) is 131 cm³/mol. The fraction of sp³-hybridized carbons (Fsp3) is 0.440. The van der Waals surface area contributed by atoms with Gasteiger partial charge in [-0.05, 0) is 50.1 Å². The molecule has 4 rings (SSSR count). The minimum absolute atomic E-state index is 0.157. The van der Waals surface area contributed by atoms with Gasteiger partial charge in [-0.1, -0.05) is 43.2 Å². The highest BCUT2D eigenvalue weighted by molar-refractivity contribution is 7.89. The van der Waals surface area contributed by atoms with Crippen LogP contribution in [-0.4, -0.2) is 73.4 Å². The molecule has 2 aliphatic heterocycles. The molecule has 2 aliphatic rings. The molecule has 0 N–H and O–H groups in total. The maximum absolute atomic E-state index is 13.1. The lowest BCUT2D eigenvalue weighted by Gasteiger charge is -2.35. The monoisotopic (exact) mass is 484 g/mol. The molecule has 0 bridgehead atoms. The normalized spacial score (nSPS) is 20.4. The minimum atomic E-state index is -3.57. The first-order chi connectivity index (χ1) is 16.2. The van der Waals surface area contributed by atoms with Gasteiger partial charge in [-0.15, -0.1) is 0 Å². The maximum atomic E-state index is 13.1. The van der Waals surface area contributed by atoms with Crippen LogP contribution in [0.5, 0.6) is 0 Å². The molecule has 0 aliphatic carbocycles. The Balaban J connectivity index is 1.38. The molecule has 2 saturated heterocycles. The molecule has 34 heavy (non-hydrogen) atoms. The van der Waals surface area contributed by atoms with Gasteiger partial charge in [0.1, 0.15) is 6.04 Å². The number of sulfonamides is 1. The van der Waals surface area contributed by atoms with E-state index in [1.165, 1.54) is 14.1 Å². The first-order valence-corrected chi connectivity index (χ1v) is 13.2. The van der Waals surface area contributed by atoms with Crippen LogP contribution in [0.15, 0.2) is 53.4 Å². The standard InChI is InChI=1S/C25H32N4O4S/c1-4-5-21-8-12-23(13-9-21)34(32,33)27-16-14-26(15-17-27)18-28-24(30)20(3)29(25(28)31)22-10-6-19(2)7-11-22/h6-13,20H,4-5,14-18H2,1-3H3/t20-/m1/s1. The molecule has 2 aromatic rings. The summed E-state index contributed by atoms with van der Waals surface area (Å²) in [6.07, 6.45) is 1.94. The van der Waals surface area contributed by atoms with Crippen molar-refractivity contribution in [3.05, 3.63) is 59.7 Å². The number of nitrogens with zero attached hydrogens (tertiary/aromatic N) is 4. The van der Waals surface area contributed by atoms with Gasteiger partial charge >= 0.3 is 6.03 Å². The Kier molecular flexibility index (Phi) is 7.06. The largest absolute Gasteiger partial charge is 0.333 e. The van der Waals surface area contributed by atoms with Gasteiger partial charge in [0.05, 0.1) is 11.6 Å². The molecule has 2 fully saturated rings. The number of carbonyl (C=O) groups is 2. The fourth-order valence-corrected chi connectivity index (χ4v) is 5.89. The smallest absolute Gasteiger partial charge is 0.283 e. The molecule has 1 atom stereocenters. The highest BCUT2D eigenvalue weighted by Crippen LogP contribution is 2.27. The van der Waals surface area contributed by atoms with Crippen molar-refractivity contribution in [2.75, 3.05) is 37.7 Å². The first-order valence-electron chi connectivity index (χ1n) is 11.7. The summed E-state index contributed by atoms with van der Waals surface area (Å²) in [7, 11) is -3.57. The summed E-state index contributed by atoms with van der Waals surface area (Å²) in [5.41, 5.74) is 2.90. The van der Waals surface area contributed by atoms with Crippen LogP contribution in [-0.2, 0) is 21.2 Å².